The van der Waals surface area contributed by atoms with Crippen molar-refractivity contribution < 1.29 is 22.7 Å². The maximum Gasteiger partial charge on any atom is 0.243 e. The van der Waals surface area contributed by atoms with Gasteiger partial charge in [0, 0.05) is 25.6 Å². The average Bonchev–Trinajstić information content (AvgIpc) is 2.81. The second kappa shape index (κ2) is 13.1. The Labute approximate surface area is 209 Å². The van der Waals surface area contributed by atoms with Crippen molar-refractivity contribution in [1.82, 2.24) is 10.2 Å². The Morgan fingerprint density at radius 3 is 2.31 bits per heavy atom. The zero-order valence-electron chi connectivity index (χ0n) is 21.2. The van der Waals surface area contributed by atoms with Crippen LogP contribution in [0.5, 0.6) is 5.75 Å². The van der Waals surface area contributed by atoms with Gasteiger partial charge in [-0.05, 0) is 56.5 Å². The minimum Gasteiger partial charge on any atom is -0.497 e. The minimum absolute atomic E-state index is 0.0560. The second-order valence-corrected chi connectivity index (χ2v) is 10.6. The molecule has 0 radical (unpaired) electrons. The van der Waals surface area contributed by atoms with E-state index in [2.05, 4.69) is 5.32 Å². The number of anilines is 1. The van der Waals surface area contributed by atoms with Crippen molar-refractivity contribution in [2.24, 2.45) is 0 Å². The summed E-state index contributed by atoms with van der Waals surface area (Å²) in [4.78, 5) is 27.9. The number of nitrogens with zero attached hydrogens (tertiary/aromatic N) is 2. The van der Waals surface area contributed by atoms with Gasteiger partial charge in [0.05, 0.1) is 19.1 Å². The Morgan fingerprint density at radius 2 is 1.74 bits per heavy atom. The Hall–Kier alpha value is -3.07. The van der Waals surface area contributed by atoms with Crippen molar-refractivity contribution in [2.75, 3.05) is 24.2 Å². The highest BCUT2D eigenvalue weighted by atomic mass is 32.2. The van der Waals surface area contributed by atoms with Crippen molar-refractivity contribution in [3.05, 3.63) is 60.2 Å². The lowest BCUT2D eigenvalue weighted by Gasteiger charge is -2.31. The summed E-state index contributed by atoms with van der Waals surface area (Å²) >= 11 is 0. The monoisotopic (exact) mass is 503 g/mol. The van der Waals surface area contributed by atoms with Gasteiger partial charge in [0.15, 0.2) is 0 Å². The van der Waals surface area contributed by atoms with E-state index < -0.39 is 16.1 Å². The predicted octanol–water partition coefficient (Wildman–Crippen LogP) is 3.57. The van der Waals surface area contributed by atoms with Crippen LogP contribution in [0.2, 0.25) is 0 Å². The number of carbonyl (C=O) groups excluding carboxylic acids is 2. The maximum atomic E-state index is 13.4. The van der Waals surface area contributed by atoms with Gasteiger partial charge in [-0.25, -0.2) is 8.42 Å². The third-order valence-corrected chi connectivity index (χ3v) is 6.69. The fourth-order valence-corrected chi connectivity index (χ4v) is 4.83. The van der Waals surface area contributed by atoms with E-state index in [4.69, 9.17) is 4.74 Å². The Kier molecular flexibility index (Phi) is 10.6. The van der Waals surface area contributed by atoms with Crippen LogP contribution >= 0.6 is 0 Å². The topological polar surface area (TPSA) is 96.0 Å². The third-order valence-electron chi connectivity index (χ3n) is 5.50. The Bertz CT molecular complexity index is 1070. The molecule has 0 bridgehead atoms. The molecule has 35 heavy (non-hydrogen) atoms. The summed E-state index contributed by atoms with van der Waals surface area (Å²) in [6.45, 7) is 6.03. The molecule has 8 nitrogen and oxygen atoms in total. The standard InChI is InChI=1S/C26H37N3O5S/c1-6-24(26(31)27-20(2)3)28(19-21-12-10-15-23(18-21)34-4)25(30)16-11-17-29(35(5,32)33)22-13-8-7-9-14-22/h7-10,12-15,18,20,24H,6,11,16-17,19H2,1-5H3,(H,27,31)/t24-/m0/s1. The average molecular weight is 504 g/mol. The molecule has 0 fully saturated rings. The molecule has 0 heterocycles. The van der Waals surface area contributed by atoms with E-state index in [0.29, 0.717) is 24.3 Å². The normalized spacial score (nSPS) is 12.2. The molecule has 0 spiro atoms. The van der Waals surface area contributed by atoms with Gasteiger partial charge in [-0.2, -0.15) is 0 Å². The number of methoxy groups -OCH3 is 1. The zero-order chi connectivity index (χ0) is 26.0. The first-order valence-electron chi connectivity index (χ1n) is 11.8. The molecule has 1 atom stereocenters. The smallest absolute Gasteiger partial charge is 0.243 e. The summed E-state index contributed by atoms with van der Waals surface area (Å²) < 4.78 is 31.3. The molecular weight excluding hydrogens is 466 g/mol. The summed E-state index contributed by atoms with van der Waals surface area (Å²) in [5.74, 6) is 0.252. The number of rotatable bonds is 13. The van der Waals surface area contributed by atoms with E-state index in [9.17, 15) is 18.0 Å². The molecular formula is C26H37N3O5S. The highest BCUT2D eigenvalue weighted by Crippen LogP contribution is 2.20. The maximum absolute atomic E-state index is 13.4. The second-order valence-electron chi connectivity index (χ2n) is 8.73. The highest BCUT2D eigenvalue weighted by Gasteiger charge is 2.29. The van der Waals surface area contributed by atoms with E-state index >= 15 is 0 Å². The summed E-state index contributed by atoms with van der Waals surface area (Å²) in [5.41, 5.74) is 1.40. The molecule has 0 aliphatic rings. The summed E-state index contributed by atoms with van der Waals surface area (Å²) in [5, 5.41) is 2.91. The number of ether oxygens (including phenoxy) is 1. The summed E-state index contributed by atoms with van der Waals surface area (Å²) in [6, 6.07) is 15.5. The highest BCUT2D eigenvalue weighted by molar-refractivity contribution is 7.92. The first kappa shape index (κ1) is 28.2. The van der Waals surface area contributed by atoms with Gasteiger partial charge in [-0.1, -0.05) is 37.3 Å². The molecule has 0 unspecified atom stereocenters. The molecule has 2 aromatic carbocycles. The van der Waals surface area contributed by atoms with Crippen LogP contribution in [0.3, 0.4) is 0 Å². The zero-order valence-corrected chi connectivity index (χ0v) is 22.0. The van der Waals surface area contributed by atoms with Crippen molar-refractivity contribution in [2.45, 2.75) is 58.7 Å². The molecule has 0 aromatic heterocycles. The molecule has 0 saturated heterocycles. The Balaban J connectivity index is 2.22. The molecule has 2 amide bonds. The predicted molar refractivity (Wildman–Crippen MR) is 139 cm³/mol. The van der Waals surface area contributed by atoms with Gasteiger partial charge in [0.2, 0.25) is 21.8 Å². The lowest BCUT2D eigenvalue weighted by molar-refractivity contribution is -0.141. The van der Waals surface area contributed by atoms with E-state index in [1.807, 2.05) is 51.1 Å². The first-order chi connectivity index (χ1) is 16.6. The van der Waals surface area contributed by atoms with Crippen LogP contribution in [0.15, 0.2) is 54.6 Å². The van der Waals surface area contributed by atoms with Gasteiger partial charge in [0.1, 0.15) is 11.8 Å². The van der Waals surface area contributed by atoms with Gasteiger partial charge < -0.3 is 15.0 Å². The van der Waals surface area contributed by atoms with Crippen molar-refractivity contribution in [1.29, 1.82) is 0 Å². The van der Waals surface area contributed by atoms with Crippen molar-refractivity contribution >= 4 is 27.5 Å². The van der Waals surface area contributed by atoms with Crippen LogP contribution in [-0.4, -0.2) is 57.1 Å². The molecule has 0 saturated carbocycles. The van der Waals surface area contributed by atoms with Gasteiger partial charge in [-0.15, -0.1) is 0 Å². The lowest BCUT2D eigenvalue weighted by Crippen LogP contribution is -2.50. The first-order valence-corrected chi connectivity index (χ1v) is 13.7. The molecule has 9 heteroatoms. The fourth-order valence-electron chi connectivity index (χ4n) is 3.87. The van der Waals surface area contributed by atoms with Crippen molar-refractivity contribution in [3.8, 4) is 5.75 Å². The largest absolute Gasteiger partial charge is 0.497 e. The van der Waals surface area contributed by atoms with Crippen LogP contribution < -0.4 is 14.4 Å². The van der Waals surface area contributed by atoms with Crippen LogP contribution in [0.25, 0.3) is 0 Å². The quantitative estimate of drug-likeness (QED) is 0.451. The minimum atomic E-state index is -3.51. The number of para-hydroxylation sites is 1. The van der Waals surface area contributed by atoms with Crippen LogP contribution in [0, 0.1) is 0 Å². The number of carbonyl (C=O) groups is 2. The van der Waals surface area contributed by atoms with Crippen LogP contribution in [0.4, 0.5) is 5.69 Å². The van der Waals surface area contributed by atoms with Gasteiger partial charge >= 0.3 is 0 Å². The van der Waals surface area contributed by atoms with Gasteiger partial charge in [-0.3, -0.25) is 13.9 Å². The SMILES string of the molecule is CC[C@@H](C(=O)NC(C)C)N(Cc1cccc(OC)c1)C(=O)CCCN(c1ccccc1)S(C)(=O)=O. The molecule has 0 aliphatic heterocycles. The Morgan fingerprint density at radius 1 is 1.06 bits per heavy atom. The number of hydrogen-bond donors (Lipinski definition) is 1. The summed E-state index contributed by atoms with van der Waals surface area (Å²) in [7, 11) is -1.93. The van der Waals surface area contributed by atoms with E-state index in [1.165, 1.54) is 4.31 Å². The molecule has 2 rings (SSSR count). The summed E-state index contributed by atoms with van der Waals surface area (Å²) in [6.07, 6.45) is 2.03. The number of benzene rings is 2. The molecule has 192 valence electrons. The van der Waals surface area contributed by atoms with Crippen molar-refractivity contribution in [3.63, 3.8) is 0 Å². The van der Waals surface area contributed by atoms with E-state index in [-0.39, 0.29) is 37.4 Å². The lowest BCUT2D eigenvalue weighted by atomic mass is 10.1. The number of sulfonamides is 1. The van der Waals surface area contributed by atoms with Gasteiger partial charge in [0.25, 0.3) is 0 Å². The van der Waals surface area contributed by atoms with Crippen LogP contribution in [0.1, 0.15) is 45.6 Å². The molecule has 2 aromatic rings. The molecule has 0 aliphatic carbocycles. The van der Waals surface area contributed by atoms with E-state index in [0.717, 1.165) is 11.8 Å². The molecule has 1 N–H and O–H groups in total. The van der Waals surface area contributed by atoms with E-state index in [1.54, 1.807) is 36.3 Å². The number of hydrogen-bond acceptors (Lipinski definition) is 5. The number of nitrogens with one attached hydrogen (secondary N) is 1. The van der Waals surface area contributed by atoms with Crippen LogP contribution in [-0.2, 0) is 26.2 Å². The third kappa shape index (κ3) is 8.58. The fraction of sp³-hybridized carbons (Fsp3) is 0.462. The number of amides is 2.